The molecule has 0 saturated carbocycles. The van der Waals surface area contributed by atoms with Crippen molar-refractivity contribution in [3.63, 3.8) is 0 Å². The van der Waals surface area contributed by atoms with Gasteiger partial charge in [-0.2, -0.15) is 4.31 Å². The van der Waals surface area contributed by atoms with Crippen LogP contribution in [0.4, 0.5) is 5.82 Å². The molecule has 1 fully saturated rings. The Hall–Kier alpha value is -2.20. The van der Waals surface area contributed by atoms with Gasteiger partial charge < -0.3 is 14.2 Å². The van der Waals surface area contributed by atoms with Crippen molar-refractivity contribution in [3.8, 4) is 5.88 Å². The van der Waals surface area contributed by atoms with Crippen LogP contribution in [0.1, 0.15) is 26.3 Å². The van der Waals surface area contributed by atoms with E-state index >= 15 is 0 Å². The zero-order chi connectivity index (χ0) is 18.9. The second-order valence-electron chi connectivity index (χ2n) is 6.77. The average molecular weight is 380 g/mol. The molecule has 26 heavy (non-hydrogen) atoms. The van der Waals surface area contributed by atoms with E-state index in [2.05, 4.69) is 15.2 Å². The van der Waals surface area contributed by atoms with Gasteiger partial charge in [0.25, 0.3) is 10.0 Å². The molecular formula is C16H24N6O3S. The summed E-state index contributed by atoms with van der Waals surface area (Å²) in [5, 5.41) is 8.17. The summed E-state index contributed by atoms with van der Waals surface area (Å²) < 4.78 is 34.5. The zero-order valence-electron chi connectivity index (χ0n) is 15.4. The van der Waals surface area contributed by atoms with Crippen molar-refractivity contribution < 1.29 is 13.2 Å². The Morgan fingerprint density at radius 2 is 2.04 bits per heavy atom. The van der Waals surface area contributed by atoms with Crippen LogP contribution in [0, 0.1) is 0 Å². The molecule has 9 nitrogen and oxygen atoms in total. The first-order valence-electron chi connectivity index (χ1n) is 8.48. The molecule has 2 aromatic heterocycles. The molecule has 0 spiro atoms. The maximum atomic E-state index is 12.7. The fraction of sp³-hybridized carbons (Fsp3) is 0.562. The average Bonchev–Trinajstić information content (AvgIpc) is 3.25. The first kappa shape index (κ1) is 18.6. The molecule has 3 heterocycles. The Balaban J connectivity index is 1.65. The lowest BCUT2D eigenvalue weighted by Gasteiger charge is -2.16. The minimum atomic E-state index is -3.62. The molecule has 1 saturated heterocycles. The Morgan fingerprint density at radius 1 is 1.27 bits per heavy atom. The molecule has 1 atom stereocenters. The monoisotopic (exact) mass is 380 g/mol. The molecule has 142 valence electrons. The van der Waals surface area contributed by atoms with Gasteiger partial charge in [-0.25, -0.2) is 13.4 Å². The van der Waals surface area contributed by atoms with Crippen molar-refractivity contribution in [2.75, 3.05) is 32.1 Å². The molecule has 3 rings (SSSR count). The van der Waals surface area contributed by atoms with Crippen LogP contribution in [0.25, 0.3) is 0 Å². The third-order valence-electron chi connectivity index (χ3n) is 4.26. The van der Waals surface area contributed by atoms with Gasteiger partial charge >= 0.3 is 0 Å². The van der Waals surface area contributed by atoms with Crippen LogP contribution >= 0.6 is 0 Å². The van der Waals surface area contributed by atoms with E-state index in [-0.39, 0.29) is 23.7 Å². The van der Waals surface area contributed by atoms with Crippen LogP contribution in [0.15, 0.2) is 29.7 Å². The van der Waals surface area contributed by atoms with E-state index in [1.165, 1.54) is 4.31 Å². The van der Waals surface area contributed by atoms with E-state index in [1.807, 2.05) is 38.9 Å². The van der Waals surface area contributed by atoms with Gasteiger partial charge in [-0.15, -0.1) is 10.2 Å². The number of nitrogens with zero attached hydrogens (tertiary/aromatic N) is 6. The lowest BCUT2D eigenvalue weighted by Crippen LogP contribution is -2.31. The number of aromatic nitrogens is 4. The maximum absolute atomic E-state index is 12.7. The van der Waals surface area contributed by atoms with Crippen LogP contribution in [0.5, 0.6) is 5.88 Å². The molecule has 0 aliphatic carbocycles. The van der Waals surface area contributed by atoms with Crippen LogP contribution in [0.3, 0.4) is 0 Å². The van der Waals surface area contributed by atoms with Crippen LogP contribution < -0.4 is 9.64 Å². The summed E-state index contributed by atoms with van der Waals surface area (Å²) in [5.41, 5.74) is 0. The van der Waals surface area contributed by atoms with E-state index in [1.54, 1.807) is 23.2 Å². The minimum absolute atomic E-state index is 0.0713. The summed E-state index contributed by atoms with van der Waals surface area (Å²) in [6, 6.07) is 3.71. The molecule has 0 N–H and O–H groups in total. The first-order valence-corrected chi connectivity index (χ1v) is 9.92. The number of anilines is 1. The summed E-state index contributed by atoms with van der Waals surface area (Å²) >= 11 is 0. The van der Waals surface area contributed by atoms with E-state index in [4.69, 9.17) is 4.74 Å². The molecule has 0 unspecified atom stereocenters. The molecule has 1 aliphatic heterocycles. The van der Waals surface area contributed by atoms with Crippen molar-refractivity contribution in [2.45, 2.75) is 37.4 Å². The first-order chi connectivity index (χ1) is 12.3. The molecule has 0 radical (unpaired) electrons. The molecule has 0 aromatic carbocycles. The van der Waals surface area contributed by atoms with E-state index in [9.17, 15) is 8.42 Å². The van der Waals surface area contributed by atoms with Crippen LogP contribution in [-0.2, 0) is 10.0 Å². The molecular weight excluding hydrogens is 356 g/mol. The smallest absolute Gasteiger partial charge is 0.262 e. The van der Waals surface area contributed by atoms with E-state index in [0.29, 0.717) is 18.8 Å². The highest BCUT2D eigenvalue weighted by molar-refractivity contribution is 7.89. The number of hydrogen-bond donors (Lipinski definition) is 0. The Kier molecular flexibility index (Phi) is 5.15. The van der Waals surface area contributed by atoms with Crippen molar-refractivity contribution in [3.05, 3.63) is 24.7 Å². The third kappa shape index (κ3) is 3.80. The van der Waals surface area contributed by atoms with Crippen molar-refractivity contribution >= 4 is 15.8 Å². The SMILES string of the molecule is CC(C)n1cnc(S(=O)(=O)N2CC[C@H](Oc3ccc(N(C)C)nn3)C2)c1. The number of rotatable bonds is 6. The zero-order valence-corrected chi connectivity index (χ0v) is 16.2. The Bertz CT molecular complexity index is 847. The molecule has 2 aromatic rings. The molecule has 0 bridgehead atoms. The second kappa shape index (κ2) is 7.20. The van der Waals surface area contributed by atoms with Gasteiger partial charge in [0, 0.05) is 38.9 Å². The van der Waals surface area contributed by atoms with Crippen molar-refractivity contribution in [1.82, 2.24) is 24.1 Å². The lowest BCUT2D eigenvalue weighted by atomic mass is 10.3. The summed E-state index contributed by atoms with van der Waals surface area (Å²) in [6.07, 6.45) is 3.46. The van der Waals surface area contributed by atoms with Gasteiger partial charge in [0.2, 0.25) is 5.88 Å². The van der Waals surface area contributed by atoms with Gasteiger partial charge in [-0.1, -0.05) is 0 Å². The fourth-order valence-corrected chi connectivity index (χ4v) is 4.07. The van der Waals surface area contributed by atoms with E-state index < -0.39 is 10.0 Å². The van der Waals surface area contributed by atoms with Gasteiger partial charge in [0.05, 0.1) is 12.9 Å². The van der Waals surface area contributed by atoms with Gasteiger partial charge in [0.1, 0.15) is 6.10 Å². The highest BCUT2D eigenvalue weighted by Gasteiger charge is 2.35. The maximum Gasteiger partial charge on any atom is 0.262 e. The quantitative estimate of drug-likeness (QED) is 0.742. The topological polar surface area (TPSA) is 93.5 Å². The summed E-state index contributed by atoms with van der Waals surface area (Å²) in [5.74, 6) is 1.12. The summed E-state index contributed by atoms with van der Waals surface area (Å²) in [7, 11) is 0.144. The lowest BCUT2D eigenvalue weighted by molar-refractivity contribution is 0.204. The summed E-state index contributed by atoms with van der Waals surface area (Å²) in [6.45, 7) is 4.61. The largest absolute Gasteiger partial charge is 0.472 e. The van der Waals surface area contributed by atoms with Crippen molar-refractivity contribution in [2.24, 2.45) is 0 Å². The normalized spacial score (nSPS) is 18.4. The predicted molar refractivity (Wildman–Crippen MR) is 96.8 cm³/mol. The minimum Gasteiger partial charge on any atom is -0.472 e. The van der Waals surface area contributed by atoms with Gasteiger partial charge in [0.15, 0.2) is 10.8 Å². The highest BCUT2D eigenvalue weighted by Crippen LogP contribution is 2.23. The number of hydrogen-bond acceptors (Lipinski definition) is 7. The number of sulfonamides is 1. The second-order valence-corrected chi connectivity index (χ2v) is 8.65. The predicted octanol–water partition coefficient (Wildman–Crippen LogP) is 1.16. The molecule has 0 amide bonds. The van der Waals surface area contributed by atoms with Crippen molar-refractivity contribution in [1.29, 1.82) is 0 Å². The Labute approximate surface area is 153 Å². The van der Waals surface area contributed by atoms with Gasteiger partial charge in [-0.3, -0.25) is 0 Å². The summed E-state index contributed by atoms with van der Waals surface area (Å²) in [4.78, 5) is 5.90. The van der Waals surface area contributed by atoms with E-state index in [0.717, 1.165) is 5.82 Å². The Morgan fingerprint density at radius 3 is 2.62 bits per heavy atom. The van der Waals surface area contributed by atoms with Gasteiger partial charge in [-0.05, 0) is 26.3 Å². The standard InChI is InChI=1S/C16H24N6O3S/c1-12(2)21-10-16(17-11-21)26(23,24)22-8-7-13(9-22)25-15-6-5-14(18-19-15)20(3)4/h5-6,10-13H,7-9H2,1-4H3/t13-/m0/s1. The number of imidazole rings is 1. The van der Waals surface area contributed by atoms with Crippen LogP contribution in [0.2, 0.25) is 0 Å². The third-order valence-corrected chi connectivity index (χ3v) is 6.01. The molecule has 10 heteroatoms. The number of ether oxygens (including phenoxy) is 1. The highest BCUT2D eigenvalue weighted by atomic mass is 32.2. The molecule has 1 aliphatic rings. The van der Waals surface area contributed by atoms with Crippen LogP contribution in [-0.4, -0.2) is 65.8 Å². The fourth-order valence-electron chi connectivity index (χ4n) is 2.66.